The van der Waals surface area contributed by atoms with E-state index in [1.54, 1.807) is 12.1 Å². The van der Waals surface area contributed by atoms with E-state index in [0.29, 0.717) is 0 Å². The van der Waals surface area contributed by atoms with Gasteiger partial charge in [0.2, 0.25) is 0 Å². The van der Waals surface area contributed by atoms with Crippen molar-refractivity contribution in [2.24, 2.45) is 0 Å². The molecule has 1 aromatic heterocycles. The van der Waals surface area contributed by atoms with E-state index in [-0.39, 0.29) is 4.90 Å². The SMILES string of the molecule is C=C/C=C(\C=C/C)c1ncc(S(C)(=O)=O)cc1C. The number of aromatic nitrogens is 1. The van der Waals surface area contributed by atoms with Crippen molar-refractivity contribution in [3.8, 4) is 0 Å². The molecule has 0 aromatic carbocycles. The molecule has 0 saturated heterocycles. The Labute approximate surface area is 108 Å². The molecule has 1 aromatic rings. The third-order valence-electron chi connectivity index (χ3n) is 2.40. The van der Waals surface area contributed by atoms with Gasteiger partial charge in [0.05, 0.1) is 10.6 Å². The van der Waals surface area contributed by atoms with Crippen LogP contribution >= 0.6 is 0 Å². The fraction of sp³-hybridized carbons (Fsp3) is 0.214. The quantitative estimate of drug-likeness (QED) is 0.785. The normalized spacial score (nSPS) is 12.9. The summed E-state index contributed by atoms with van der Waals surface area (Å²) < 4.78 is 22.9. The Hall–Kier alpha value is -1.68. The van der Waals surface area contributed by atoms with Crippen LogP contribution in [-0.2, 0) is 9.84 Å². The Kier molecular flexibility index (Phi) is 4.62. The number of nitrogens with zero attached hydrogens (tertiary/aromatic N) is 1. The zero-order valence-electron chi connectivity index (χ0n) is 10.8. The van der Waals surface area contributed by atoms with Crippen LogP contribution in [0, 0.1) is 6.92 Å². The summed E-state index contributed by atoms with van der Waals surface area (Å²) in [6, 6.07) is 1.64. The lowest BCUT2D eigenvalue weighted by atomic mass is 10.1. The lowest BCUT2D eigenvalue weighted by Crippen LogP contribution is -2.01. The van der Waals surface area contributed by atoms with Crippen molar-refractivity contribution in [3.05, 3.63) is 54.4 Å². The number of hydrogen-bond donors (Lipinski definition) is 0. The molecule has 0 N–H and O–H groups in total. The van der Waals surface area contributed by atoms with E-state index in [4.69, 9.17) is 0 Å². The average molecular weight is 263 g/mol. The third-order valence-corrected chi connectivity index (χ3v) is 3.48. The second kappa shape index (κ2) is 5.78. The van der Waals surface area contributed by atoms with Gasteiger partial charge in [-0.15, -0.1) is 0 Å². The van der Waals surface area contributed by atoms with Crippen LogP contribution in [0.5, 0.6) is 0 Å². The Morgan fingerprint density at radius 3 is 2.56 bits per heavy atom. The minimum absolute atomic E-state index is 0.238. The maximum atomic E-state index is 11.4. The fourth-order valence-electron chi connectivity index (χ4n) is 1.57. The lowest BCUT2D eigenvalue weighted by molar-refractivity contribution is 0.601. The van der Waals surface area contributed by atoms with Gasteiger partial charge in [-0.25, -0.2) is 8.42 Å². The Balaban J connectivity index is 3.37. The van der Waals surface area contributed by atoms with Crippen LogP contribution in [0.25, 0.3) is 5.57 Å². The van der Waals surface area contributed by atoms with Crippen LogP contribution in [0.3, 0.4) is 0 Å². The smallest absolute Gasteiger partial charge is 0.177 e. The van der Waals surface area contributed by atoms with Gasteiger partial charge in [0, 0.05) is 18.0 Å². The third kappa shape index (κ3) is 3.40. The number of pyridine rings is 1. The Morgan fingerprint density at radius 2 is 2.11 bits per heavy atom. The molecule has 0 amide bonds. The van der Waals surface area contributed by atoms with Gasteiger partial charge in [0.1, 0.15) is 0 Å². The van der Waals surface area contributed by atoms with Gasteiger partial charge < -0.3 is 0 Å². The van der Waals surface area contributed by atoms with E-state index in [2.05, 4.69) is 11.6 Å². The summed E-state index contributed by atoms with van der Waals surface area (Å²) in [5, 5.41) is 0. The van der Waals surface area contributed by atoms with Gasteiger partial charge in [-0.05, 0) is 25.5 Å². The molecule has 0 saturated carbocycles. The summed E-state index contributed by atoms with van der Waals surface area (Å²) >= 11 is 0. The van der Waals surface area contributed by atoms with Crippen molar-refractivity contribution in [1.82, 2.24) is 4.98 Å². The molecular formula is C14H17NO2S. The van der Waals surface area contributed by atoms with Crippen molar-refractivity contribution in [2.75, 3.05) is 6.26 Å². The molecular weight excluding hydrogens is 246 g/mol. The molecule has 0 unspecified atom stereocenters. The van der Waals surface area contributed by atoms with Gasteiger partial charge in [0.15, 0.2) is 9.84 Å². The van der Waals surface area contributed by atoms with Gasteiger partial charge in [-0.2, -0.15) is 0 Å². The van der Waals surface area contributed by atoms with Crippen molar-refractivity contribution < 1.29 is 8.42 Å². The molecule has 0 fully saturated rings. The average Bonchev–Trinajstić information content (AvgIpc) is 2.27. The van der Waals surface area contributed by atoms with Crippen LogP contribution in [0.2, 0.25) is 0 Å². The number of sulfone groups is 1. The summed E-state index contributed by atoms with van der Waals surface area (Å²) in [6.07, 6.45) is 9.90. The summed E-state index contributed by atoms with van der Waals surface area (Å²) in [5.74, 6) is 0. The lowest BCUT2D eigenvalue weighted by Gasteiger charge is -2.07. The summed E-state index contributed by atoms with van der Waals surface area (Å²) in [5.41, 5.74) is 2.49. The highest BCUT2D eigenvalue weighted by atomic mass is 32.2. The predicted molar refractivity (Wildman–Crippen MR) is 75.1 cm³/mol. The highest BCUT2D eigenvalue weighted by Crippen LogP contribution is 2.20. The van der Waals surface area contributed by atoms with Gasteiger partial charge in [-0.1, -0.05) is 30.9 Å². The van der Waals surface area contributed by atoms with Crippen molar-refractivity contribution >= 4 is 15.4 Å². The predicted octanol–water partition coefficient (Wildman–Crippen LogP) is 2.94. The topological polar surface area (TPSA) is 47.0 Å². The molecule has 0 spiro atoms. The van der Waals surface area contributed by atoms with Crippen LogP contribution in [0.1, 0.15) is 18.2 Å². The van der Waals surface area contributed by atoms with Gasteiger partial charge in [0.25, 0.3) is 0 Å². The number of rotatable bonds is 4. The molecule has 1 rings (SSSR count). The van der Waals surface area contributed by atoms with Crippen molar-refractivity contribution in [2.45, 2.75) is 18.7 Å². The summed E-state index contributed by atoms with van der Waals surface area (Å²) in [6.45, 7) is 7.42. The van der Waals surface area contributed by atoms with Gasteiger partial charge in [-0.3, -0.25) is 4.98 Å². The molecule has 0 aliphatic rings. The van der Waals surface area contributed by atoms with Crippen molar-refractivity contribution in [1.29, 1.82) is 0 Å². The molecule has 96 valence electrons. The first-order valence-electron chi connectivity index (χ1n) is 5.52. The minimum atomic E-state index is -3.21. The van der Waals surface area contributed by atoms with E-state index < -0.39 is 9.84 Å². The number of aryl methyl sites for hydroxylation is 1. The maximum absolute atomic E-state index is 11.4. The highest BCUT2D eigenvalue weighted by Gasteiger charge is 2.11. The minimum Gasteiger partial charge on any atom is -0.255 e. The summed E-state index contributed by atoms with van der Waals surface area (Å²) in [4.78, 5) is 4.47. The van der Waals surface area contributed by atoms with Crippen LogP contribution in [0.4, 0.5) is 0 Å². The van der Waals surface area contributed by atoms with Crippen LogP contribution < -0.4 is 0 Å². The van der Waals surface area contributed by atoms with E-state index in [1.165, 1.54) is 12.5 Å². The molecule has 1 heterocycles. The Morgan fingerprint density at radius 1 is 1.44 bits per heavy atom. The zero-order valence-corrected chi connectivity index (χ0v) is 11.7. The molecule has 0 radical (unpaired) electrons. The zero-order chi connectivity index (χ0) is 13.8. The number of allylic oxidation sites excluding steroid dienone is 5. The molecule has 0 bridgehead atoms. The molecule has 4 heteroatoms. The van der Waals surface area contributed by atoms with E-state index >= 15 is 0 Å². The Bertz CT molecular complexity index is 611. The standard InChI is InChI=1S/C14H17NO2S/c1-5-7-12(8-6-2)14-11(3)9-13(10-15-14)18(4,16)17/h5-10H,1H2,2-4H3/b8-6-,12-7+. The maximum Gasteiger partial charge on any atom is 0.177 e. The largest absolute Gasteiger partial charge is 0.255 e. The first kappa shape index (κ1) is 14.4. The fourth-order valence-corrected chi connectivity index (χ4v) is 2.21. The molecule has 18 heavy (non-hydrogen) atoms. The monoisotopic (exact) mass is 263 g/mol. The van der Waals surface area contributed by atoms with E-state index in [1.807, 2.05) is 32.1 Å². The van der Waals surface area contributed by atoms with E-state index in [9.17, 15) is 8.42 Å². The second-order valence-electron chi connectivity index (χ2n) is 3.97. The van der Waals surface area contributed by atoms with Crippen LogP contribution in [0.15, 0.2) is 48.0 Å². The number of hydrogen-bond acceptors (Lipinski definition) is 3. The highest BCUT2D eigenvalue weighted by molar-refractivity contribution is 7.90. The first-order valence-corrected chi connectivity index (χ1v) is 7.41. The molecule has 0 aliphatic carbocycles. The van der Waals surface area contributed by atoms with Gasteiger partial charge >= 0.3 is 0 Å². The van der Waals surface area contributed by atoms with E-state index in [0.717, 1.165) is 16.8 Å². The molecule has 0 atom stereocenters. The molecule has 0 aliphatic heterocycles. The second-order valence-corrected chi connectivity index (χ2v) is 5.98. The first-order chi connectivity index (χ1) is 8.40. The van der Waals surface area contributed by atoms with Crippen molar-refractivity contribution in [3.63, 3.8) is 0 Å². The summed E-state index contributed by atoms with van der Waals surface area (Å²) in [7, 11) is -3.21. The molecule has 3 nitrogen and oxygen atoms in total. The van der Waals surface area contributed by atoms with Crippen LogP contribution in [-0.4, -0.2) is 19.7 Å².